The Labute approximate surface area is 165 Å². The van der Waals surface area contributed by atoms with E-state index in [1.165, 1.54) is 12.3 Å². The molecule has 2 heterocycles. The monoisotopic (exact) mass is 404 g/mol. The number of nitrogens with one attached hydrogen (secondary N) is 1. The average Bonchev–Trinajstić information content (AvgIpc) is 2.68. The molecule has 2 aromatic heterocycles. The lowest BCUT2D eigenvalue weighted by Crippen LogP contribution is -2.37. The second-order valence-electron chi connectivity index (χ2n) is 6.22. The van der Waals surface area contributed by atoms with Gasteiger partial charge in [-0.2, -0.15) is 9.78 Å². The van der Waals surface area contributed by atoms with Crippen molar-refractivity contribution in [2.75, 3.05) is 6.61 Å². The Bertz CT molecular complexity index is 1030. The number of benzene rings is 1. The molecule has 28 heavy (non-hydrogen) atoms. The van der Waals surface area contributed by atoms with Gasteiger partial charge in [-0.25, -0.2) is 4.39 Å². The SMILES string of the molecule is C[C@@H](CO)NC(O)c1cc(-c2ccc(Cl)cc2)nn(-c2cncc(F)c2)c1=O. The van der Waals surface area contributed by atoms with Crippen molar-refractivity contribution in [3.8, 4) is 16.9 Å². The molecular weight excluding hydrogens is 387 g/mol. The fraction of sp³-hybridized carbons (Fsp3) is 0.211. The number of halogens is 2. The maximum absolute atomic E-state index is 13.6. The van der Waals surface area contributed by atoms with Gasteiger partial charge in [-0.3, -0.25) is 15.1 Å². The summed E-state index contributed by atoms with van der Waals surface area (Å²) in [5.41, 5.74) is 0.475. The molecule has 3 rings (SSSR count). The molecule has 3 aromatic rings. The molecule has 0 aliphatic carbocycles. The van der Waals surface area contributed by atoms with Gasteiger partial charge in [-0.15, -0.1) is 0 Å². The lowest BCUT2D eigenvalue weighted by molar-refractivity contribution is 0.107. The smallest absolute Gasteiger partial charge is 0.278 e. The van der Waals surface area contributed by atoms with Crippen molar-refractivity contribution in [2.45, 2.75) is 19.2 Å². The van der Waals surface area contributed by atoms with Crippen LogP contribution in [0.4, 0.5) is 4.39 Å². The van der Waals surface area contributed by atoms with E-state index in [2.05, 4.69) is 15.4 Å². The first-order valence-corrected chi connectivity index (χ1v) is 8.83. The lowest BCUT2D eigenvalue weighted by Gasteiger charge is -2.19. The standard InChI is InChI=1S/C19H18ClFN4O3/c1-11(10-26)23-18(27)16-7-17(12-2-4-13(20)5-3-12)24-25(19(16)28)15-6-14(21)8-22-9-15/h2-9,11,18,23,26-27H,10H2,1H3/t11-,18?/m0/s1. The van der Waals surface area contributed by atoms with Crippen LogP contribution in [-0.4, -0.2) is 37.6 Å². The van der Waals surface area contributed by atoms with E-state index in [0.717, 1.165) is 16.9 Å². The molecule has 0 radical (unpaired) electrons. The normalized spacial score (nSPS) is 13.3. The molecule has 0 aliphatic rings. The number of rotatable bonds is 6. The molecule has 0 bridgehead atoms. The van der Waals surface area contributed by atoms with Crippen molar-refractivity contribution >= 4 is 11.6 Å². The second kappa shape index (κ2) is 8.57. The van der Waals surface area contributed by atoms with Crippen molar-refractivity contribution in [2.24, 2.45) is 0 Å². The summed E-state index contributed by atoms with van der Waals surface area (Å²) in [7, 11) is 0. The summed E-state index contributed by atoms with van der Waals surface area (Å²) in [4.78, 5) is 16.6. The van der Waals surface area contributed by atoms with E-state index in [4.69, 9.17) is 11.6 Å². The quantitative estimate of drug-likeness (QED) is 0.544. The van der Waals surface area contributed by atoms with Gasteiger partial charge in [0.1, 0.15) is 12.0 Å². The maximum Gasteiger partial charge on any atom is 0.278 e. The van der Waals surface area contributed by atoms with Crippen molar-refractivity contribution in [1.29, 1.82) is 0 Å². The Morgan fingerprint density at radius 2 is 1.96 bits per heavy atom. The van der Waals surface area contributed by atoms with E-state index in [1.807, 2.05) is 0 Å². The van der Waals surface area contributed by atoms with Gasteiger partial charge in [0.2, 0.25) is 0 Å². The topological polar surface area (TPSA) is 100 Å². The highest BCUT2D eigenvalue weighted by molar-refractivity contribution is 6.30. The summed E-state index contributed by atoms with van der Waals surface area (Å²) in [5, 5.41) is 27.2. The minimum Gasteiger partial charge on any atom is -0.395 e. The predicted octanol–water partition coefficient (Wildman–Crippen LogP) is 2.05. The number of pyridine rings is 1. The zero-order valence-corrected chi connectivity index (χ0v) is 15.6. The van der Waals surface area contributed by atoms with Crippen molar-refractivity contribution < 1.29 is 14.6 Å². The van der Waals surface area contributed by atoms with Crippen LogP contribution >= 0.6 is 11.6 Å². The van der Waals surface area contributed by atoms with Crippen LogP contribution in [0.1, 0.15) is 18.7 Å². The Balaban J connectivity index is 2.18. The first-order chi connectivity index (χ1) is 13.4. The van der Waals surface area contributed by atoms with Crippen LogP contribution in [0.5, 0.6) is 0 Å². The van der Waals surface area contributed by atoms with E-state index < -0.39 is 23.6 Å². The zero-order chi connectivity index (χ0) is 20.3. The van der Waals surface area contributed by atoms with Gasteiger partial charge in [0, 0.05) is 22.7 Å². The average molecular weight is 405 g/mol. The molecule has 0 aliphatic heterocycles. The number of aliphatic hydroxyl groups is 2. The highest BCUT2D eigenvalue weighted by atomic mass is 35.5. The number of aromatic nitrogens is 3. The fourth-order valence-corrected chi connectivity index (χ4v) is 2.70. The molecule has 146 valence electrons. The van der Waals surface area contributed by atoms with E-state index in [9.17, 15) is 19.4 Å². The van der Waals surface area contributed by atoms with Crippen LogP contribution in [0.15, 0.2) is 53.6 Å². The van der Waals surface area contributed by atoms with Crippen LogP contribution < -0.4 is 10.9 Å². The van der Waals surface area contributed by atoms with Gasteiger partial charge in [0.15, 0.2) is 0 Å². The summed E-state index contributed by atoms with van der Waals surface area (Å²) in [6.45, 7) is 1.42. The maximum atomic E-state index is 13.6. The third-order valence-electron chi connectivity index (χ3n) is 4.03. The first-order valence-electron chi connectivity index (χ1n) is 8.45. The molecular formula is C19H18ClFN4O3. The van der Waals surface area contributed by atoms with Gasteiger partial charge in [-0.05, 0) is 25.1 Å². The minimum atomic E-state index is -1.36. The molecule has 9 heteroatoms. The molecule has 0 fully saturated rings. The van der Waals surface area contributed by atoms with E-state index in [1.54, 1.807) is 31.2 Å². The summed E-state index contributed by atoms with van der Waals surface area (Å²) >= 11 is 5.92. The molecule has 0 saturated heterocycles. The minimum absolute atomic E-state index is 0.00971. The first kappa shape index (κ1) is 20.1. The fourth-order valence-electron chi connectivity index (χ4n) is 2.57. The third-order valence-corrected chi connectivity index (χ3v) is 4.28. The van der Waals surface area contributed by atoms with Gasteiger partial charge >= 0.3 is 0 Å². The largest absolute Gasteiger partial charge is 0.395 e. The summed E-state index contributed by atoms with van der Waals surface area (Å²) in [6, 6.07) is 8.86. The molecule has 1 aromatic carbocycles. The van der Waals surface area contributed by atoms with Gasteiger partial charge in [0.25, 0.3) is 5.56 Å². The van der Waals surface area contributed by atoms with Gasteiger partial charge in [0.05, 0.1) is 35.9 Å². The second-order valence-corrected chi connectivity index (χ2v) is 6.66. The van der Waals surface area contributed by atoms with Crippen LogP contribution in [0.25, 0.3) is 16.9 Å². The highest BCUT2D eigenvalue weighted by Gasteiger charge is 2.19. The lowest BCUT2D eigenvalue weighted by atomic mass is 10.1. The van der Waals surface area contributed by atoms with E-state index in [-0.39, 0.29) is 17.9 Å². The predicted molar refractivity (Wildman–Crippen MR) is 103 cm³/mol. The number of hydrogen-bond acceptors (Lipinski definition) is 6. The molecule has 2 atom stereocenters. The van der Waals surface area contributed by atoms with E-state index in [0.29, 0.717) is 16.3 Å². The molecule has 7 nitrogen and oxygen atoms in total. The van der Waals surface area contributed by atoms with Crippen LogP contribution in [0.3, 0.4) is 0 Å². The third kappa shape index (κ3) is 4.42. The van der Waals surface area contributed by atoms with Crippen LogP contribution in [-0.2, 0) is 0 Å². The summed E-state index contributed by atoms with van der Waals surface area (Å²) in [5.74, 6) is -0.628. The van der Waals surface area contributed by atoms with Gasteiger partial charge in [-0.1, -0.05) is 23.7 Å². The Hall–Kier alpha value is -2.65. The number of nitrogens with zero attached hydrogens (tertiary/aromatic N) is 3. The van der Waals surface area contributed by atoms with Gasteiger partial charge < -0.3 is 10.2 Å². The van der Waals surface area contributed by atoms with Crippen molar-refractivity contribution in [3.63, 3.8) is 0 Å². The summed E-state index contributed by atoms with van der Waals surface area (Å²) in [6.07, 6.45) is 0.942. The van der Waals surface area contributed by atoms with Crippen molar-refractivity contribution in [1.82, 2.24) is 20.1 Å². The molecule has 1 unspecified atom stereocenters. The van der Waals surface area contributed by atoms with Crippen molar-refractivity contribution in [3.05, 3.63) is 75.5 Å². The Morgan fingerprint density at radius 3 is 2.61 bits per heavy atom. The van der Waals surface area contributed by atoms with Crippen LogP contribution in [0.2, 0.25) is 5.02 Å². The Kier molecular flexibility index (Phi) is 6.15. The molecule has 0 saturated carbocycles. The van der Waals surface area contributed by atoms with E-state index >= 15 is 0 Å². The highest BCUT2D eigenvalue weighted by Crippen LogP contribution is 2.22. The summed E-state index contributed by atoms with van der Waals surface area (Å²) < 4.78 is 14.6. The zero-order valence-electron chi connectivity index (χ0n) is 14.9. The molecule has 0 spiro atoms. The number of hydrogen-bond donors (Lipinski definition) is 3. The Morgan fingerprint density at radius 1 is 1.25 bits per heavy atom. The molecule has 3 N–H and O–H groups in total. The van der Waals surface area contributed by atoms with Crippen LogP contribution in [0, 0.1) is 5.82 Å². The molecule has 0 amide bonds. The number of aliphatic hydroxyl groups excluding tert-OH is 2.